The van der Waals surface area contributed by atoms with E-state index in [0.717, 1.165) is 5.56 Å². The van der Waals surface area contributed by atoms with Crippen LogP contribution in [-0.2, 0) is 25.5 Å². The molecule has 0 aliphatic carbocycles. The Labute approximate surface area is 149 Å². The Kier molecular flexibility index (Phi) is 9.13. The minimum Gasteiger partial charge on any atom is -0.469 e. The molecule has 140 valence electrons. The van der Waals surface area contributed by atoms with Gasteiger partial charge in [-0.3, -0.25) is 9.59 Å². The zero-order chi connectivity index (χ0) is 18.8. The molecular weight excluding hydrogens is 325 g/mol. The lowest BCUT2D eigenvalue weighted by Gasteiger charge is -2.25. The maximum absolute atomic E-state index is 13.0. The van der Waals surface area contributed by atoms with Crippen molar-refractivity contribution in [3.8, 4) is 0 Å². The first-order valence-corrected chi connectivity index (χ1v) is 8.55. The van der Waals surface area contributed by atoms with Gasteiger partial charge in [-0.15, -0.1) is 0 Å². The van der Waals surface area contributed by atoms with Gasteiger partial charge in [0.2, 0.25) is 5.91 Å². The van der Waals surface area contributed by atoms with Crippen LogP contribution in [0.4, 0.5) is 4.39 Å². The van der Waals surface area contributed by atoms with E-state index < -0.39 is 5.92 Å². The van der Waals surface area contributed by atoms with Gasteiger partial charge in [-0.2, -0.15) is 0 Å². The van der Waals surface area contributed by atoms with Crippen molar-refractivity contribution in [3.63, 3.8) is 0 Å². The van der Waals surface area contributed by atoms with Crippen molar-refractivity contribution in [1.29, 1.82) is 0 Å². The van der Waals surface area contributed by atoms with Gasteiger partial charge in [0.05, 0.1) is 25.6 Å². The van der Waals surface area contributed by atoms with E-state index in [1.54, 1.807) is 24.0 Å². The molecule has 0 aliphatic heterocycles. The maximum atomic E-state index is 13.0. The van der Waals surface area contributed by atoms with E-state index in [1.165, 1.54) is 19.2 Å². The number of carbonyl (C=O) groups is 2. The molecule has 1 unspecified atom stereocenters. The van der Waals surface area contributed by atoms with Gasteiger partial charge in [0.15, 0.2) is 0 Å². The van der Waals surface area contributed by atoms with Gasteiger partial charge in [-0.05, 0) is 38.0 Å². The molecule has 1 rings (SSSR count). The highest BCUT2D eigenvalue weighted by molar-refractivity contribution is 5.80. The van der Waals surface area contributed by atoms with Gasteiger partial charge in [-0.25, -0.2) is 4.39 Å². The number of amides is 1. The summed E-state index contributed by atoms with van der Waals surface area (Å²) in [5.41, 5.74) is 0.737. The quantitative estimate of drug-likeness (QED) is 0.479. The lowest BCUT2D eigenvalue weighted by Crippen LogP contribution is -2.39. The van der Waals surface area contributed by atoms with E-state index in [9.17, 15) is 14.0 Å². The van der Waals surface area contributed by atoms with E-state index in [-0.39, 0.29) is 36.8 Å². The third-order valence-electron chi connectivity index (χ3n) is 3.74. The summed E-state index contributed by atoms with van der Waals surface area (Å²) in [6.45, 7) is 6.97. The molecule has 0 bridgehead atoms. The Morgan fingerprint density at radius 1 is 1.16 bits per heavy atom. The third-order valence-corrected chi connectivity index (χ3v) is 3.74. The number of benzene rings is 1. The highest BCUT2D eigenvalue weighted by Gasteiger charge is 2.21. The van der Waals surface area contributed by atoms with Crippen LogP contribution in [0.15, 0.2) is 24.3 Å². The van der Waals surface area contributed by atoms with E-state index in [0.29, 0.717) is 19.6 Å². The zero-order valence-corrected chi connectivity index (χ0v) is 15.5. The van der Waals surface area contributed by atoms with E-state index in [4.69, 9.17) is 9.47 Å². The number of halogens is 1. The highest BCUT2D eigenvalue weighted by Crippen LogP contribution is 2.09. The van der Waals surface area contributed by atoms with Crippen LogP contribution in [0, 0.1) is 11.7 Å². The SMILES string of the molecule is COC(=O)C(C)CN(CCCOC(C)C)C(=O)Cc1ccc(F)cc1. The first-order chi connectivity index (χ1) is 11.8. The van der Waals surface area contributed by atoms with Crippen molar-refractivity contribution in [3.05, 3.63) is 35.6 Å². The summed E-state index contributed by atoms with van der Waals surface area (Å²) in [7, 11) is 1.33. The van der Waals surface area contributed by atoms with Crippen LogP contribution in [0.1, 0.15) is 32.8 Å². The molecule has 0 spiro atoms. The number of carbonyl (C=O) groups excluding carboxylic acids is 2. The average Bonchev–Trinajstić information content (AvgIpc) is 2.58. The fourth-order valence-corrected chi connectivity index (χ4v) is 2.39. The van der Waals surface area contributed by atoms with Crippen molar-refractivity contribution in [2.24, 2.45) is 5.92 Å². The van der Waals surface area contributed by atoms with Crippen LogP contribution in [0.2, 0.25) is 0 Å². The van der Waals surface area contributed by atoms with Crippen LogP contribution in [0.3, 0.4) is 0 Å². The summed E-state index contributed by atoms with van der Waals surface area (Å²) >= 11 is 0. The second-order valence-corrected chi connectivity index (χ2v) is 6.34. The zero-order valence-electron chi connectivity index (χ0n) is 15.5. The summed E-state index contributed by atoms with van der Waals surface area (Å²) in [5.74, 6) is -1.20. The molecule has 0 aromatic heterocycles. The Balaban J connectivity index is 2.68. The fourth-order valence-electron chi connectivity index (χ4n) is 2.39. The standard InChI is InChI=1S/C19H28FNO4/c1-14(2)25-11-5-10-21(13-15(3)19(23)24-4)18(22)12-16-6-8-17(20)9-7-16/h6-9,14-15H,5,10-13H2,1-4H3. The second-order valence-electron chi connectivity index (χ2n) is 6.34. The number of rotatable bonds is 10. The summed E-state index contributed by atoms with van der Waals surface area (Å²) < 4.78 is 23.2. The molecule has 0 N–H and O–H groups in total. The number of hydrogen-bond donors (Lipinski definition) is 0. The molecule has 1 aromatic rings. The predicted molar refractivity (Wildman–Crippen MR) is 93.6 cm³/mol. The smallest absolute Gasteiger partial charge is 0.310 e. The summed E-state index contributed by atoms with van der Waals surface area (Å²) in [6.07, 6.45) is 0.984. The number of methoxy groups -OCH3 is 1. The molecule has 0 aliphatic rings. The fraction of sp³-hybridized carbons (Fsp3) is 0.579. The normalized spacial score (nSPS) is 12.1. The molecule has 0 saturated heterocycles. The molecule has 6 heteroatoms. The van der Waals surface area contributed by atoms with Crippen molar-refractivity contribution in [2.75, 3.05) is 26.8 Å². The third kappa shape index (κ3) is 8.12. The van der Waals surface area contributed by atoms with Crippen LogP contribution >= 0.6 is 0 Å². The van der Waals surface area contributed by atoms with Gasteiger partial charge < -0.3 is 14.4 Å². The Morgan fingerprint density at radius 3 is 2.36 bits per heavy atom. The predicted octanol–water partition coefficient (Wildman–Crippen LogP) is 2.82. The summed E-state index contributed by atoms with van der Waals surface area (Å²) in [6, 6.07) is 5.86. The van der Waals surface area contributed by atoms with Gasteiger partial charge in [-0.1, -0.05) is 19.1 Å². The van der Waals surface area contributed by atoms with Gasteiger partial charge >= 0.3 is 5.97 Å². The van der Waals surface area contributed by atoms with Crippen LogP contribution in [0.25, 0.3) is 0 Å². The lowest BCUT2D eigenvalue weighted by molar-refractivity contribution is -0.146. The molecule has 1 atom stereocenters. The minimum atomic E-state index is -0.409. The van der Waals surface area contributed by atoms with Crippen LogP contribution < -0.4 is 0 Å². The van der Waals surface area contributed by atoms with Crippen molar-refractivity contribution < 1.29 is 23.5 Å². The topological polar surface area (TPSA) is 55.8 Å². The molecular formula is C19H28FNO4. The monoisotopic (exact) mass is 353 g/mol. The van der Waals surface area contributed by atoms with Crippen LogP contribution in [-0.4, -0.2) is 49.7 Å². The Hall–Kier alpha value is -1.95. The average molecular weight is 353 g/mol. The first kappa shape index (κ1) is 21.1. The Morgan fingerprint density at radius 2 is 1.80 bits per heavy atom. The van der Waals surface area contributed by atoms with Crippen molar-refractivity contribution in [1.82, 2.24) is 4.90 Å². The largest absolute Gasteiger partial charge is 0.469 e. The maximum Gasteiger partial charge on any atom is 0.310 e. The minimum absolute atomic E-state index is 0.105. The lowest BCUT2D eigenvalue weighted by atomic mass is 10.1. The van der Waals surface area contributed by atoms with E-state index in [2.05, 4.69) is 0 Å². The van der Waals surface area contributed by atoms with Crippen molar-refractivity contribution >= 4 is 11.9 Å². The summed E-state index contributed by atoms with van der Waals surface area (Å²) in [5, 5.41) is 0. The summed E-state index contributed by atoms with van der Waals surface area (Å²) in [4.78, 5) is 25.9. The number of nitrogens with zero attached hydrogens (tertiary/aromatic N) is 1. The van der Waals surface area contributed by atoms with E-state index >= 15 is 0 Å². The van der Waals surface area contributed by atoms with Gasteiger partial charge in [0.25, 0.3) is 0 Å². The molecule has 0 fully saturated rings. The van der Waals surface area contributed by atoms with E-state index in [1.807, 2.05) is 13.8 Å². The van der Waals surface area contributed by atoms with Gasteiger partial charge in [0, 0.05) is 19.7 Å². The van der Waals surface area contributed by atoms with Crippen molar-refractivity contribution in [2.45, 2.75) is 39.7 Å². The molecule has 1 amide bonds. The number of hydrogen-bond acceptors (Lipinski definition) is 4. The molecule has 25 heavy (non-hydrogen) atoms. The second kappa shape index (κ2) is 10.8. The highest BCUT2D eigenvalue weighted by atomic mass is 19.1. The Bertz CT molecular complexity index is 545. The van der Waals surface area contributed by atoms with Crippen LogP contribution in [0.5, 0.6) is 0 Å². The molecule has 0 saturated carbocycles. The molecule has 1 aromatic carbocycles. The molecule has 0 radical (unpaired) electrons. The first-order valence-electron chi connectivity index (χ1n) is 8.55. The molecule has 0 heterocycles. The molecule has 5 nitrogen and oxygen atoms in total. The number of ether oxygens (including phenoxy) is 2. The number of esters is 1. The van der Waals surface area contributed by atoms with Gasteiger partial charge in [0.1, 0.15) is 5.82 Å².